The molecule has 0 heterocycles. The molecule has 0 unspecified atom stereocenters. The Bertz CT molecular complexity index is 617. The molecule has 24 heavy (non-hydrogen) atoms. The molecule has 1 aromatic carbocycles. The minimum absolute atomic E-state index is 0.321. The van der Waals surface area contributed by atoms with Crippen molar-refractivity contribution in [2.75, 3.05) is 14.2 Å². The predicted octanol–water partition coefficient (Wildman–Crippen LogP) is 2.38. The first-order valence-corrected chi connectivity index (χ1v) is 8.13. The van der Waals surface area contributed by atoms with Crippen LogP contribution < -0.4 is 0 Å². The maximum Gasteiger partial charge on any atom is 0.330 e. The molecule has 0 spiro atoms. The van der Waals surface area contributed by atoms with Crippen molar-refractivity contribution in [2.45, 2.75) is 9.79 Å². The van der Waals surface area contributed by atoms with Crippen LogP contribution in [0.4, 0.5) is 0 Å². The molecule has 0 fully saturated rings. The number of ether oxygens (including phenoxy) is 2. The van der Waals surface area contributed by atoms with Gasteiger partial charge in [0.2, 0.25) is 10.2 Å². The Balaban J connectivity index is 2.57. The molecule has 1 aromatic rings. The zero-order chi connectivity index (χ0) is 17.9. The summed E-state index contributed by atoms with van der Waals surface area (Å²) in [4.78, 5) is 46.4. The molecule has 0 aromatic heterocycles. The van der Waals surface area contributed by atoms with Gasteiger partial charge in [-0.2, -0.15) is 0 Å². The van der Waals surface area contributed by atoms with Crippen LogP contribution >= 0.6 is 23.5 Å². The summed E-state index contributed by atoms with van der Waals surface area (Å²) in [5.74, 6) is -1.21. The number of carbonyl (C=O) groups is 4. The molecule has 126 valence electrons. The normalized spacial score (nSPS) is 10.8. The second-order valence-electron chi connectivity index (χ2n) is 4.03. The lowest BCUT2D eigenvalue weighted by molar-refractivity contribution is -0.135. The molecule has 0 atom stereocenters. The zero-order valence-electron chi connectivity index (χ0n) is 12.9. The first-order valence-electron chi connectivity index (χ1n) is 6.50. The van der Waals surface area contributed by atoms with E-state index >= 15 is 0 Å². The maximum atomic E-state index is 11.6. The molecule has 0 bridgehead atoms. The van der Waals surface area contributed by atoms with Crippen LogP contribution in [0.25, 0.3) is 0 Å². The standard InChI is InChI=1S/C16H14O6S2/c1-21-13(17)7-9-15(19)23-11-3-5-12(6-4-11)24-16(20)10-8-14(18)22-2/h3-10H,1-2H3/b9-7-,10-8-. The average Bonchev–Trinajstić information content (AvgIpc) is 2.59. The number of hydrogen-bond donors (Lipinski definition) is 0. The predicted molar refractivity (Wildman–Crippen MR) is 90.5 cm³/mol. The van der Waals surface area contributed by atoms with Gasteiger partial charge in [0.05, 0.1) is 14.2 Å². The van der Waals surface area contributed by atoms with Gasteiger partial charge >= 0.3 is 11.9 Å². The molecule has 6 nitrogen and oxygen atoms in total. The second-order valence-corrected chi connectivity index (χ2v) is 6.18. The van der Waals surface area contributed by atoms with Crippen molar-refractivity contribution in [2.24, 2.45) is 0 Å². The summed E-state index contributed by atoms with van der Waals surface area (Å²) in [6, 6.07) is 6.70. The molecule has 0 amide bonds. The zero-order valence-corrected chi connectivity index (χ0v) is 14.5. The Labute approximate surface area is 147 Å². The van der Waals surface area contributed by atoms with Crippen molar-refractivity contribution in [1.82, 2.24) is 0 Å². The van der Waals surface area contributed by atoms with Crippen LogP contribution in [0.15, 0.2) is 58.4 Å². The van der Waals surface area contributed by atoms with Crippen molar-refractivity contribution in [3.63, 3.8) is 0 Å². The minimum Gasteiger partial charge on any atom is -0.466 e. The van der Waals surface area contributed by atoms with Crippen LogP contribution in [0.5, 0.6) is 0 Å². The van der Waals surface area contributed by atoms with Crippen molar-refractivity contribution >= 4 is 45.7 Å². The third kappa shape index (κ3) is 7.80. The highest BCUT2D eigenvalue weighted by molar-refractivity contribution is 8.14. The van der Waals surface area contributed by atoms with Gasteiger partial charge in [-0.3, -0.25) is 9.59 Å². The quantitative estimate of drug-likeness (QED) is 0.431. The minimum atomic E-state index is -0.603. The van der Waals surface area contributed by atoms with Crippen molar-refractivity contribution in [1.29, 1.82) is 0 Å². The molecule has 0 aliphatic heterocycles. The van der Waals surface area contributed by atoms with E-state index in [2.05, 4.69) is 9.47 Å². The first kappa shape index (κ1) is 19.7. The summed E-state index contributed by atoms with van der Waals surface area (Å²) in [6.07, 6.45) is 4.35. The largest absolute Gasteiger partial charge is 0.466 e. The highest BCUT2D eigenvalue weighted by atomic mass is 32.2. The van der Waals surface area contributed by atoms with Crippen LogP contribution in [0, 0.1) is 0 Å². The summed E-state index contributed by atoms with van der Waals surface area (Å²) in [7, 11) is 2.45. The number of rotatable bonds is 6. The summed E-state index contributed by atoms with van der Waals surface area (Å²) >= 11 is 1.88. The molecular weight excluding hydrogens is 352 g/mol. The Morgan fingerprint density at radius 3 is 1.33 bits per heavy atom. The second kappa shape index (κ2) is 10.5. The Morgan fingerprint density at radius 2 is 1.04 bits per heavy atom. The number of thioether (sulfide) groups is 2. The number of carbonyl (C=O) groups excluding carboxylic acids is 4. The summed E-state index contributed by atoms with van der Waals surface area (Å²) in [5.41, 5.74) is 0. The van der Waals surface area contributed by atoms with Gasteiger partial charge in [0, 0.05) is 21.9 Å². The van der Waals surface area contributed by atoms with Gasteiger partial charge in [-0.25, -0.2) is 9.59 Å². The molecule has 0 aliphatic carbocycles. The summed E-state index contributed by atoms with van der Waals surface area (Å²) in [6.45, 7) is 0. The van der Waals surface area contributed by atoms with E-state index in [-0.39, 0.29) is 10.2 Å². The molecule has 0 saturated heterocycles. The van der Waals surface area contributed by atoms with E-state index in [0.29, 0.717) is 9.79 Å². The third-order valence-electron chi connectivity index (χ3n) is 2.37. The van der Waals surface area contributed by atoms with E-state index < -0.39 is 11.9 Å². The number of hydrogen-bond acceptors (Lipinski definition) is 8. The lowest BCUT2D eigenvalue weighted by Crippen LogP contribution is -1.96. The van der Waals surface area contributed by atoms with Crippen LogP contribution in [0.1, 0.15) is 0 Å². The average molecular weight is 366 g/mol. The number of benzene rings is 1. The SMILES string of the molecule is COC(=O)/C=C\C(=O)Sc1ccc(SC(=O)/C=C\C(=O)OC)cc1. The van der Waals surface area contributed by atoms with Crippen molar-refractivity contribution in [3.05, 3.63) is 48.6 Å². The Morgan fingerprint density at radius 1 is 0.708 bits per heavy atom. The van der Waals surface area contributed by atoms with Gasteiger partial charge in [0.25, 0.3) is 0 Å². The van der Waals surface area contributed by atoms with E-state index in [0.717, 1.165) is 47.8 Å². The lowest BCUT2D eigenvalue weighted by atomic mass is 10.4. The van der Waals surface area contributed by atoms with E-state index in [1.54, 1.807) is 24.3 Å². The molecule has 0 aliphatic rings. The van der Waals surface area contributed by atoms with Crippen LogP contribution in [0.2, 0.25) is 0 Å². The molecule has 1 rings (SSSR count). The number of esters is 2. The van der Waals surface area contributed by atoms with Crippen LogP contribution in [0.3, 0.4) is 0 Å². The Hall–Kier alpha value is -2.32. The van der Waals surface area contributed by atoms with Crippen LogP contribution in [-0.2, 0) is 28.7 Å². The van der Waals surface area contributed by atoms with Gasteiger partial charge < -0.3 is 9.47 Å². The van der Waals surface area contributed by atoms with E-state index in [1.807, 2.05) is 0 Å². The van der Waals surface area contributed by atoms with Gasteiger partial charge in [0.1, 0.15) is 0 Å². The molecule has 8 heteroatoms. The molecular formula is C16H14O6S2. The molecule has 0 saturated carbocycles. The van der Waals surface area contributed by atoms with Crippen LogP contribution in [-0.4, -0.2) is 36.4 Å². The molecule has 0 N–H and O–H groups in total. The van der Waals surface area contributed by atoms with Gasteiger partial charge in [-0.05, 0) is 59.9 Å². The highest BCUT2D eigenvalue weighted by Gasteiger charge is 2.05. The third-order valence-corrected chi connectivity index (χ3v) is 4.06. The fourth-order valence-corrected chi connectivity index (χ4v) is 2.57. The fourth-order valence-electron chi connectivity index (χ4n) is 1.28. The van der Waals surface area contributed by atoms with Gasteiger partial charge in [0.15, 0.2) is 0 Å². The first-order chi connectivity index (χ1) is 11.4. The number of methoxy groups -OCH3 is 2. The smallest absolute Gasteiger partial charge is 0.330 e. The molecule has 0 radical (unpaired) electrons. The van der Waals surface area contributed by atoms with E-state index in [4.69, 9.17) is 0 Å². The van der Waals surface area contributed by atoms with E-state index in [1.165, 1.54) is 14.2 Å². The summed E-state index contributed by atoms with van der Waals surface area (Å²) < 4.78 is 8.78. The topological polar surface area (TPSA) is 86.7 Å². The lowest BCUT2D eigenvalue weighted by Gasteiger charge is -2.00. The Kier molecular flexibility index (Phi) is 8.59. The van der Waals surface area contributed by atoms with Gasteiger partial charge in [-0.1, -0.05) is 0 Å². The van der Waals surface area contributed by atoms with Gasteiger partial charge in [-0.15, -0.1) is 0 Å². The monoisotopic (exact) mass is 366 g/mol. The van der Waals surface area contributed by atoms with Crippen molar-refractivity contribution in [3.8, 4) is 0 Å². The fraction of sp³-hybridized carbons (Fsp3) is 0.125. The van der Waals surface area contributed by atoms with E-state index in [9.17, 15) is 19.2 Å². The maximum absolute atomic E-state index is 11.6. The van der Waals surface area contributed by atoms with Crippen molar-refractivity contribution < 1.29 is 28.7 Å². The summed E-state index contributed by atoms with van der Waals surface area (Å²) in [5, 5.41) is -0.643. The highest BCUT2D eigenvalue weighted by Crippen LogP contribution is 2.25.